The minimum absolute atomic E-state index is 0.0506. The third-order valence-electron chi connectivity index (χ3n) is 13.1. The SMILES string of the molecule is CS(=O)(=O)Nc1ccc(Cl)cc1C(=O)N1CCCC[C@H]1c1cc2nc(Cl)cc(Cl)n2n1.C[C@@H]1CN(c2cc(Cl)nc3cc([C@@H]4CCCCN4C(=O)c4cc(Cl)ccc4NS(C)(=O)=O)nn23)C[C@H](C)O1.C[C@@H]1CNC[C@H](C)O1. The van der Waals surface area contributed by atoms with E-state index < -0.39 is 20.0 Å². The molecule has 20 nitrogen and oxygen atoms in total. The average molecular weight is 1200 g/mol. The van der Waals surface area contributed by atoms with Crippen LogP contribution in [0.5, 0.6) is 0 Å². The number of halogens is 5. The van der Waals surface area contributed by atoms with Gasteiger partial charge in [-0.15, -0.1) is 0 Å². The molecule has 77 heavy (non-hydrogen) atoms. The van der Waals surface area contributed by atoms with Gasteiger partial charge in [0.2, 0.25) is 20.0 Å². The number of hydrogen-bond acceptors (Lipinski definition) is 14. The monoisotopic (exact) mass is 1200 g/mol. The van der Waals surface area contributed by atoms with E-state index in [0.717, 1.165) is 57.1 Å². The fourth-order valence-corrected chi connectivity index (χ4v) is 12.2. The molecule has 3 N–H and O–H groups in total. The van der Waals surface area contributed by atoms with E-state index in [-0.39, 0.29) is 63.8 Å². The summed E-state index contributed by atoms with van der Waals surface area (Å²) in [5.41, 5.74) is 3.12. The zero-order chi connectivity index (χ0) is 55.5. The van der Waals surface area contributed by atoms with Crippen molar-refractivity contribution in [3.63, 3.8) is 0 Å². The van der Waals surface area contributed by atoms with E-state index in [1.807, 2.05) is 19.9 Å². The van der Waals surface area contributed by atoms with Crippen LogP contribution in [-0.2, 0) is 29.5 Å². The summed E-state index contributed by atoms with van der Waals surface area (Å²) >= 11 is 30.9. The van der Waals surface area contributed by atoms with Crippen LogP contribution < -0.4 is 19.7 Å². The van der Waals surface area contributed by atoms with Crippen molar-refractivity contribution in [3.8, 4) is 0 Å². The van der Waals surface area contributed by atoms with Crippen molar-refractivity contribution in [1.29, 1.82) is 0 Å². The van der Waals surface area contributed by atoms with Gasteiger partial charge in [0.15, 0.2) is 11.3 Å². The summed E-state index contributed by atoms with van der Waals surface area (Å²) in [4.78, 5) is 41.7. The molecule has 4 saturated heterocycles. The lowest BCUT2D eigenvalue weighted by atomic mass is 9.98. The van der Waals surface area contributed by atoms with Crippen LogP contribution in [0, 0.1) is 0 Å². The fourth-order valence-electron chi connectivity index (χ4n) is 10.0. The summed E-state index contributed by atoms with van der Waals surface area (Å²) in [5, 5.41) is 14.3. The van der Waals surface area contributed by atoms with Crippen molar-refractivity contribution in [2.45, 2.75) is 103 Å². The van der Waals surface area contributed by atoms with E-state index in [4.69, 9.17) is 72.6 Å². The Hall–Kier alpha value is -4.75. The number of aromatic nitrogens is 6. The van der Waals surface area contributed by atoms with Crippen LogP contribution in [-0.4, -0.2) is 144 Å². The number of carbonyl (C=O) groups is 2. The minimum Gasteiger partial charge on any atom is -0.373 e. The maximum atomic E-state index is 13.8. The quantitative estimate of drug-likeness (QED) is 0.115. The van der Waals surface area contributed by atoms with Crippen LogP contribution in [0.25, 0.3) is 11.3 Å². The number of benzene rings is 2. The Kier molecular flexibility index (Phi) is 18.8. The van der Waals surface area contributed by atoms with E-state index >= 15 is 0 Å². The number of carbonyl (C=O) groups excluding carboxylic acids is 2. The van der Waals surface area contributed by atoms with Crippen LogP contribution in [0.3, 0.4) is 0 Å². The first-order chi connectivity index (χ1) is 36.4. The molecule has 6 aromatic rings. The van der Waals surface area contributed by atoms with Gasteiger partial charge in [0.1, 0.15) is 21.3 Å². The van der Waals surface area contributed by atoms with E-state index in [1.54, 1.807) is 32.5 Å². The Morgan fingerprint density at radius 3 is 1.49 bits per heavy atom. The molecule has 4 aliphatic rings. The van der Waals surface area contributed by atoms with Crippen LogP contribution in [0.1, 0.15) is 110 Å². The minimum atomic E-state index is -3.60. The molecule has 27 heteroatoms. The molecule has 0 bridgehead atoms. The Bertz CT molecular complexity index is 3350. The third-order valence-corrected chi connectivity index (χ3v) is 15.4. The summed E-state index contributed by atoms with van der Waals surface area (Å²) in [6.45, 7) is 12.6. The first kappa shape index (κ1) is 58.4. The highest BCUT2D eigenvalue weighted by Gasteiger charge is 2.35. The van der Waals surface area contributed by atoms with E-state index in [1.165, 1.54) is 40.9 Å². The largest absolute Gasteiger partial charge is 0.373 e. The Labute approximate surface area is 473 Å². The standard InChI is InChI=1S/C25H30Cl2N6O4S.C19H18Cl3N5O3S.C6H13NO/c1-15-13-31(14-16(2)37-15)24-12-22(27)28-23-11-20(29-33(23)24)21-6-4-5-9-32(21)25(34)18-10-17(26)7-8-19(18)30-38(3,35)36;1-31(29,30)25-13-6-5-11(20)8-12(13)19(28)26-7-3-2-4-15(26)14-9-18-23-16(21)10-17(22)27(18)24-14;1-5-3-7-4-6(2)8-5/h7-8,10-12,15-16,21,30H,4-6,9,13-14H2,1-3H3;5-6,8-10,15,25H,2-4,7H2,1H3;5-7H,3-4H2,1-2H3/t15-,16+,21-;15-;5-,6+/m00./s1. The molecular weight excluding hydrogens is 1140 g/mol. The number of hydrogen-bond donors (Lipinski definition) is 3. The summed E-state index contributed by atoms with van der Waals surface area (Å²) in [6, 6.07) is 15.3. The molecule has 2 aromatic carbocycles. The lowest BCUT2D eigenvalue weighted by Gasteiger charge is -2.36. The second kappa shape index (κ2) is 24.7. The second-order valence-electron chi connectivity index (χ2n) is 19.7. The number of nitrogens with one attached hydrogen (secondary N) is 3. The van der Waals surface area contributed by atoms with Gasteiger partial charge in [-0.1, -0.05) is 58.0 Å². The van der Waals surface area contributed by atoms with E-state index in [9.17, 15) is 26.4 Å². The lowest BCUT2D eigenvalue weighted by molar-refractivity contribution is -0.0166. The average Bonchev–Trinajstić information content (AvgIpc) is 3.99. The number of rotatable bonds is 9. The summed E-state index contributed by atoms with van der Waals surface area (Å²) < 4.78 is 66.8. The number of anilines is 3. The predicted molar refractivity (Wildman–Crippen MR) is 301 cm³/mol. The number of likely N-dealkylation sites (tertiary alicyclic amines) is 2. The Morgan fingerprint density at radius 2 is 1.04 bits per heavy atom. The second-order valence-corrected chi connectivity index (χ2v) is 25.3. The van der Waals surface area contributed by atoms with Crippen molar-refractivity contribution in [2.75, 3.05) is 66.1 Å². The zero-order valence-corrected chi connectivity index (χ0v) is 48.6. The first-order valence-electron chi connectivity index (χ1n) is 25.1. The van der Waals surface area contributed by atoms with Crippen LogP contribution in [0.2, 0.25) is 25.5 Å². The van der Waals surface area contributed by atoms with E-state index in [2.05, 4.69) is 48.6 Å². The lowest BCUT2D eigenvalue weighted by Crippen LogP contribution is -2.46. The highest BCUT2D eigenvalue weighted by Crippen LogP contribution is 2.37. The van der Waals surface area contributed by atoms with Gasteiger partial charge in [-0.2, -0.15) is 14.7 Å². The summed E-state index contributed by atoms with van der Waals surface area (Å²) in [7, 11) is -7.18. The van der Waals surface area contributed by atoms with Crippen molar-refractivity contribution >= 4 is 118 Å². The summed E-state index contributed by atoms with van der Waals surface area (Å²) in [6.07, 6.45) is 7.84. The van der Waals surface area contributed by atoms with Crippen LogP contribution in [0.4, 0.5) is 17.2 Å². The molecule has 8 heterocycles. The molecule has 0 spiro atoms. The number of piperidine rings is 2. The highest BCUT2D eigenvalue weighted by atomic mass is 35.5. The number of ether oxygens (including phenoxy) is 2. The van der Waals surface area contributed by atoms with Crippen molar-refractivity contribution in [1.82, 2.24) is 44.3 Å². The predicted octanol–water partition coefficient (Wildman–Crippen LogP) is 9.20. The first-order valence-corrected chi connectivity index (χ1v) is 30.8. The van der Waals surface area contributed by atoms with Gasteiger partial charge in [-0.05, 0) is 103 Å². The number of morpholine rings is 2. The molecule has 0 radical (unpaired) electrons. The molecule has 10 rings (SSSR count). The number of fused-ring (bicyclic) bond motifs is 2. The smallest absolute Gasteiger partial charge is 0.256 e. The Morgan fingerprint density at radius 1 is 0.597 bits per heavy atom. The van der Waals surface area contributed by atoms with Crippen molar-refractivity contribution in [2.24, 2.45) is 0 Å². The van der Waals surface area contributed by atoms with Gasteiger partial charge in [0.05, 0.1) is 82.9 Å². The fraction of sp³-hybridized carbons (Fsp3) is 0.480. The molecule has 6 atom stereocenters. The Balaban J connectivity index is 0.000000180. The molecule has 0 aliphatic carbocycles. The molecule has 4 aromatic heterocycles. The molecule has 416 valence electrons. The van der Waals surface area contributed by atoms with Crippen LogP contribution in [0.15, 0.2) is 60.7 Å². The molecular formula is C50H61Cl5N12O8S2. The topological polar surface area (TPSA) is 227 Å². The van der Waals surface area contributed by atoms with E-state index in [0.29, 0.717) is 94.3 Å². The zero-order valence-electron chi connectivity index (χ0n) is 43.2. The number of amides is 2. The number of sulfonamides is 2. The third kappa shape index (κ3) is 14.9. The summed E-state index contributed by atoms with van der Waals surface area (Å²) in [5.74, 6) is 0.159. The number of nitrogens with zero attached hydrogens (tertiary/aromatic N) is 9. The normalized spacial score (nSPS) is 22.2. The van der Waals surface area contributed by atoms with Gasteiger partial charge in [-0.3, -0.25) is 19.0 Å². The molecule has 0 unspecified atom stereocenters. The maximum absolute atomic E-state index is 13.8. The van der Waals surface area contributed by atoms with Crippen LogP contribution >= 0.6 is 58.0 Å². The van der Waals surface area contributed by atoms with Crippen molar-refractivity contribution in [3.05, 3.63) is 109 Å². The molecule has 0 saturated carbocycles. The van der Waals surface area contributed by atoms with Gasteiger partial charge in [0.25, 0.3) is 11.8 Å². The van der Waals surface area contributed by atoms with Crippen molar-refractivity contribution < 1.29 is 35.9 Å². The molecule has 4 fully saturated rings. The van der Waals surface area contributed by atoms with Gasteiger partial charge in [0, 0.05) is 73.6 Å². The maximum Gasteiger partial charge on any atom is 0.256 e. The van der Waals surface area contributed by atoms with Gasteiger partial charge in [-0.25, -0.2) is 31.3 Å². The molecule has 4 aliphatic heterocycles. The van der Waals surface area contributed by atoms with Gasteiger partial charge >= 0.3 is 0 Å². The highest BCUT2D eigenvalue weighted by molar-refractivity contribution is 7.92. The van der Waals surface area contributed by atoms with Gasteiger partial charge < -0.3 is 29.5 Å². The molecule has 2 amide bonds.